The standard InChI is InChI=1S/C23H40O3/c1-8-19(2,3)18(25)26-21(6,7)23-12-16-9-17(13-23)11-22(10-16,14-23)20(4,5)15-24/h16-17,24H,8-15H2,1-7H3. The van der Waals surface area contributed by atoms with Gasteiger partial charge in [-0.05, 0) is 95.3 Å². The van der Waals surface area contributed by atoms with Crippen LogP contribution >= 0.6 is 0 Å². The quantitative estimate of drug-likeness (QED) is 0.646. The van der Waals surface area contributed by atoms with Crippen LogP contribution < -0.4 is 0 Å². The SMILES string of the molecule is CCC(C)(C)C(=O)OC(C)(C)C12CC3CC(CC(C(C)(C)CO)(C3)C1)C2. The number of aliphatic hydroxyl groups excluding tert-OH is 1. The number of hydrogen-bond acceptors (Lipinski definition) is 3. The van der Waals surface area contributed by atoms with E-state index in [4.69, 9.17) is 4.74 Å². The molecule has 0 aliphatic heterocycles. The van der Waals surface area contributed by atoms with E-state index in [0.717, 1.165) is 24.7 Å². The maximum atomic E-state index is 12.9. The first kappa shape index (κ1) is 20.2. The van der Waals surface area contributed by atoms with E-state index in [0.29, 0.717) is 0 Å². The fourth-order valence-corrected chi connectivity index (χ4v) is 6.55. The summed E-state index contributed by atoms with van der Waals surface area (Å²) in [6, 6.07) is 0. The molecule has 4 aliphatic carbocycles. The number of esters is 1. The Bertz CT molecular complexity index is 558. The highest BCUT2D eigenvalue weighted by Gasteiger charge is 2.66. The Balaban J connectivity index is 1.93. The lowest BCUT2D eigenvalue weighted by molar-refractivity contribution is -0.239. The zero-order valence-corrected chi connectivity index (χ0v) is 18.1. The molecule has 4 saturated carbocycles. The summed E-state index contributed by atoms with van der Waals surface area (Å²) in [5.74, 6) is 1.38. The summed E-state index contributed by atoms with van der Waals surface area (Å²) in [5, 5.41) is 10.1. The van der Waals surface area contributed by atoms with Gasteiger partial charge in [0.2, 0.25) is 0 Å². The van der Waals surface area contributed by atoms with Crippen LogP contribution in [0.1, 0.15) is 93.4 Å². The predicted octanol–water partition coefficient (Wildman–Crippen LogP) is 5.35. The van der Waals surface area contributed by atoms with Gasteiger partial charge in [-0.15, -0.1) is 0 Å². The molecule has 0 saturated heterocycles. The zero-order chi connectivity index (χ0) is 19.6. The van der Waals surface area contributed by atoms with Crippen molar-refractivity contribution in [2.75, 3.05) is 6.61 Å². The largest absolute Gasteiger partial charge is 0.459 e. The van der Waals surface area contributed by atoms with E-state index >= 15 is 0 Å². The van der Waals surface area contributed by atoms with E-state index in [1.54, 1.807) is 0 Å². The van der Waals surface area contributed by atoms with Gasteiger partial charge in [0, 0.05) is 12.0 Å². The van der Waals surface area contributed by atoms with Gasteiger partial charge in [0.1, 0.15) is 5.60 Å². The Morgan fingerprint density at radius 1 is 1.00 bits per heavy atom. The van der Waals surface area contributed by atoms with Gasteiger partial charge in [0.05, 0.1) is 5.41 Å². The average Bonchev–Trinajstić information content (AvgIpc) is 2.52. The molecule has 0 spiro atoms. The molecular weight excluding hydrogens is 324 g/mol. The number of carbonyl (C=O) groups is 1. The van der Waals surface area contributed by atoms with Crippen molar-refractivity contribution in [3.8, 4) is 0 Å². The molecule has 2 unspecified atom stereocenters. The first-order valence-corrected chi connectivity index (χ1v) is 10.7. The Morgan fingerprint density at radius 2 is 1.50 bits per heavy atom. The van der Waals surface area contributed by atoms with Crippen LogP contribution in [-0.4, -0.2) is 23.3 Å². The second-order valence-electron chi connectivity index (χ2n) is 11.7. The van der Waals surface area contributed by atoms with Gasteiger partial charge < -0.3 is 9.84 Å². The maximum absolute atomic E-state index is 12.9. The molecule has 4 aliphatic rings. The summed E-state index contributed by atoms with van der Waals surface area (Å²) in [4.78, 5) is 12.9. The van der Waals surface area contributed by atoms with Crippen molar-refractivity contribution in [3.63, 3.8) is 0 Å². The highest BCUT2D eigenvalue weighted by Crippen LogP contribution is 2.72. The number of rotatable bonds is 6. The Labute approximate surface area is 160 Å². The normalized spacial score (nSPS) is 37.1. The number of hydrogen-bond donors (Lipinski definition) is 1. The third-order valence-electron chi connectivity index (χ3n) is 8.95. The third-order valence-corrected chi connectivity index (χ3v) is 8.95. The molecule has 1 N–H and O–H groups in total. The Morgan fingerprint density at radius 3 is 1.96 bits per heavy atom. The fourth-order valence-electron chi connectivity index (χ4n) is 6.55. The second kappa shape index (κ2) is 5.96. The first-order valence-electron chi connectivity index (χ1n) is 10.7. The molecule has 0 heterocycles. The molecule has 150 valence electrons. The van der Waals surface area contributed by atoms with Crippen LogP contribution in [-0.2, 0) is 9.53 Å². The van der Waals surface area contributed by atoms with E-state index < -0.39 is 11.0 Å². The summed E-state index contributed by atoms with van der Waals surface area (Å²) in [7, 11) is 0. The predicted molar refractivity (Wildman–Crippen MR) is 105 cm³/mol. The van der Waals surface area contributed by atoms with Crippen LogP contribution in [0.2, 0.25) is 0 Å². The molecule has 3 nitrogen and oxygen atoms in total. The molecule has 26 heavy (non-hydrogen) atoms. The lowest BCUT2D eigenvalue weighted by Crippen LogP contribution is -2.64. The molecule has 0 amide bonds. The zero-order valence-electron chi connectivity index (χ0n) is 18.1. The summed E-state index contributed by atoms with van der Waals surface area (Å²) >= 11 is 0. The van der Waals surface area contributed by atoms with E-state index in [2.05, 4.69) is 34.6 Å². The van der Waals surface area contributed by atoms with Crippen LogP contribution in [0.25, 0.3) is 0 Å². The Hall–Kier alpha value is -0.570. The summed E-state index contributed by atoms with van der Waals surface area (Å²) < 4.78 is 6.27. The van der Waals surface area contributed by atoms with Crippen molar-refractivity contribution in [1.82, 2.24) is 0 Å². The number of ether oxygens (including phenoxy) is 1. The average molecular weight is 365 g/mol. The fraction of sp³-hybridized carbons (Fsp3) is 0.957. The van der Waals surface area contributed by atoms with Gasteiger partial charge >= 0.3 is 5.97 Å². The highest BCUT2D eigenvalue weighted by molar-refractivity contribution is 5.76. The molecule has 0 aromatic carbocycles. The minimum Gasteiger partial charge on any atom is -0.459 e. The minimum atomic E-state index is -0.453. The van der Waals surface area contributed by atoms with Crippen molar-refractivity contribution in [2.24, 2.45) is 33.5 Å². The van der Waals surface area contributed by atoms with E-state index in [1.165, 1.54) is 32.1 Å². The minimum absolute atomic E-state index is 0.0585. The van der Waals surface area contributed by atoms with Gasteiger partial charge in [-0.1, -0.05) is 20.8 Å². The van der Waals surface area contributed by atoms with Gasteiger partial charge in [-0.25, -0.2) is 0 Å². The van der Waals surface area contributed by atoms with Crippen molar-refractivity contribution in [2.45, 2.75) is 99.0 Å². The van der Waals surface area contributed by atoms with Gasteiger partial charge in [0.25, 0.3) is 0 Å². The van der Waals surface area contributed by atoms with Crippen molar-refractivity contribution in [3.05, 3.63) is 0 Å². The Kier molecular flexibility index (Phi) is 4.63. The van der Waals surface area contributed by atoms with E-state index in [-0.39, 0.29) is 28.8 Å². The molecule has 0 aromatic heterocycles. The second-order valence-corrected chi connectivity index (χ2v) is 11.7. The number of aliphatic hydroxyl groups is 1. The van der Waals surface area contributed by atoms with Crippen molar-refractivity contribution < 1.29 is 14.6 Å². The lowest BCUT2D eigenvalue weighted by atomic mass is 9.37. The lowest BCUT2D eigenvalue weighted by Gasteiger charge is -2.69. The molecule has 4 rings (SSSR count). The highest BCUT2D eigenvalue weighted by atomic mass is 16.6. The van der Waals surface area contributed by atoms with Crippen LogP contribution in [0.3, 0.4) is 0 Å². The maximum Gasteiger partial charge on any atom is 0.312 e. The molecular formula is C23H40O3. The van der Waals surface area contributed by atoms with Crippen LogP contribution in [0.5, 0.6) is 0 Å². The topological polar surface area (TPSA) is 46.5 Å². The van der Waals surface area contributed by atoms with E-state index in [9.17, 15) is 9.90 Å². The molecule has 0 radical (unpaired) electrons. The number of carbonyl (C=O) groups excluding carboxylic acids is 1. The smallest absolute Gasteiger partial charge is 0.312 e. The first-order chi connectivity index (χ1) is 11.8. The van der Waals surface area contributed by atoms with Gasteiger partial charge in [-0.2, -0.15) is 0 Å². The van der Waals surface area contributed by atoms with Crippen molar-refractivity contribution in [1.29, 1.82) is 0 Å². The monoisotopic (exact) mass is 364 g/mol. The molecule has 2 atom stereocenters. The summed E-state index contributed by atoms with van der Waals surface area (Å²) in [6.07, 6.45) is 8.05. The van der Waals surface area contributed by atoms with Gasteiger partial charge in [0.15, 0.2) is 0 Å². The van der Waals surface area contributed by atoms with Crippen LogP contribution in [0.15, 0.2) is 0 Å². The molecule has 4 bridgehead atoms. The third kappa shape index (κ3) is 2.84. The van der Waals surface area contributed by atoms with Crippen molar-refractivity contribution >= 4 is 5.97 Å². The van der Waals surface area contributed by atoms with Gasteiger partial charge in [-0.3, -0.25) is 4.79 Å². The van der Waals surface area contributed by atoms with Crippen LogP contribution in [0.4, 0.5) is 0 Å². The molecule has 3 heteroatoms. The molecule has 0 aromatic rings. The molecule has 4 fully saturated rings. The van der Waals surface area contributed by atoms with Crippen LogP contribution in [0, 0.1) is 33.5 Å². The summed E-state index contributed by atoms with van der Waals surface area (Å²) in [5.41, 5.74) is -0.704. The summed E-state index contributed by atoms with van der Waals surface area (Å²) in [6.45, 7) is 15.1. The van der Waals surface area contributed by atoms with E-state index in [1.807, 2.05) is 13.8 Å².